The van der Waals surface area contributed by atoms with Crippen LogP contribution in [0.25, 0.3) is 0 Å². The van der Waals surface area contributed by atoms with Gasteiger partial charge < -0.3 is 15.0 Å². The number of ether oxygens (including phenoxy) is 1. The minimum atomic E-state index is -4.16. The molecule has 4 rings (SSSR count). The molecule has 0 aliphatic carbocycles. The number of rotatable bonds is 15. The van der Waals surface area contributed by atoms with Crippen molar-refractivity contribution in [1.29, 1.82) is 0 Å². The normalized spacial score (nSPS) is 12.5. The zero-order valence-corrected chi connectivity index (χ0v) is 26.8. The fourth-order valence-electron chi connectivity index (χ4n) is 4.90. The molecular formula is C36H41N3O5S. The number of carbonyl (C=O) groups is 2. The van der Waals surface area contributed by atoms with Crippen molar-refractivity contribution >= 4 is 27.5 Å². The predicted octanol–water partition coefficient (Wildman–Crippen LogP) is 5.84. The Labute approximate surface area is 266 Å². The molecule has 9 heteroatoms. The van der Waals surface area contributed by atoms with E-state index in [1.54, 1.807) is 42.5 Å². The van der Waals surface area contributed by atoms with Gasteiger partial charge in [0.1, 0.15) is 18.3 Å². The molecule has 236 valence electrons. The highest BCUT2D eigenvalue weighted by molar-refractivity contribution is 7.92. The number of nitrogens with one attached hydrogen (secondary N) is 1. The first-order valence-electron chi connectivity index (χ1n) is 15.2. The average Bonchev–Trinajstić information content (AvgIpc) is 3.07. The van der Waals surface area contributed by atoms with E-state index in [9.17, 15) is 18.0 Å². The van der Waals surface area contributed by atoms with E-state index in [1.807, 2.05) is 81.4 Å². The third-order valence-corrected chi connectivity index (χ3v) is 9.30. The van der Waals surface area contributed by atoms with Crippen molar-refractivity contribution in [2.24, 2.45) is 0 Å². The maximum atomic E-state index is 14.5. The number of amides is 2. The van der Waals surface area contributed by atoms with E-state index in [2.05, 4.69) is 5.32 Å². The second kappa shape index (κ2) is 15.9. The van der Waals surface area contributed by atoms with Crippen LogP contribution in [0, 0.1) is 0 Å². The lowest BCUT2D eigenvalue weighted by Gasteiger charge is -2.34. The van der Waals surface area contributed by atoms with E-state index in [4.69, 9.17) is 4.74 Å². The highest BCUT2D eigenvalue weighted by Gasteiger charge is 2.35. The smallest absolute Gasteiger partial charge is 0.264 e. The zero-order valence-electron chi connectivity index (χ0n) is 26.0. The first-order valence-corrected chi connectivity index (χ1v) is 16.6. The SMILES string of the molecule is CCOc1ccc(N(CC(=O)N(Cc2ccccc2)[C@H](Cc2ccccc2)C(=O)N[C@H](C)CC)S(=O)(=O)c2ccccc2)cc1. The molecule has 4 aromatic rings. The molecule has 0 unspecified atom stereocenters. The lowest BCUT2D eigenvalue weighted by molar-refractivity contribution is -0.140. The Morgan fingerprint density at radius 2 is 1.33 bits per heavy atom. The van der Waals surface area contributed by atoms with Crippen LogP contribution in [0.2, 0.25) is 0 Å². The number of anilines is 1. The summed E-state index contributed by atoms with van der Waals surface area (Å²) in [5.74, 6) is -0.219. The van der Waals surface area contributed by atoms with Gasteiger partial charge in [-0.25, -0.2) is 8.42 Å². The standard InChI is InChI=1S/C36H41N3O5S/c1-4-28(3)37-36(41)34(25-29-15-9-6-10-16-29)38(26-30-17-11-7-12-18-30)35(40)27-39(31-21-23-32(24-22-31)44-5-2)45(42,43)33-19-13-8-14-20-33/h6-24,28,34H,4-5,25-27H2,1-3H3,(H,37,41)/t28-,34-/m1/s1. The van der Waals surface area contributed by atoms with Gasteiger partial charge in [-0.1, -0.05) is 85.8 Å². The fraction of sp³-hybridized carbons (Fsp3) is 0.278. The largest absolute Gasteiger partial charge is 0.494 e. The minimum Gasteiger partial charge on any atom is -0.494 e. The first-order chi connectivity index (χ1) is 21.7. The van der Waals surface area contributed by atoms with Crippen LogP contribution in [0.4, 0.5) is 5.69 Å². The Morgan fingerprint density at radius 3 is 1.89 bits per heavy atom. The molecule has 0 aliphatic heterocycles. The molecule has 0 fully saturated rings. The molecule has 0 bridgehead atoms. The van der Waals surface area contributed by atoms with Gasteiger partial charge in [-0.3, -0.25) is 13.9 Å². The summed E-state index contributed by atoms with van der Waals surface area (Å²) < 4.78 is 34.8. The molecule has 0 aromatic heterocycles. The van der Waals surface area contributed by atoms with E-state index in [-0.39, 0.29) is 29.8 Å². The summed E-state index contributed by atoms with van der Waals surface area (Å²) in [6.07, 6.45) is 0.980. The molecular weight excluding hydrogens is 586 g/mol. The van der Waals surface area contributed by atoms with Crippen LogP contribution in [0.5, 0.6) is 5.75 Å². The summed E-state index contributed by atoms with van der Waals surface area (Å²) in [4.78, 5) is 29.9. The topological polar surface area (TPSA) is 96.0 Å². The van der Waals surface area contributed by atoms with Gasteiger partial charge in [0.25, 0.3) is 10.0 Å². The fourth-order valence-corrected chi connectivity index (χ4v) is 6.33. The molecule has 0 saturated carbocycles. The van der Waals surface area contributed by atoms with Crippen LogP contribution in [0.15, 0.2) is 120 Å². The van der Waals surface area contributed by atoms with Crippen LogP contribution in [-0.2, 0) is 32.6 Å². The van der Waals surface area contributed by atoms with Crippen LogP contribution >= 0.6 is 0 Å². The van der Waals surface area contributed by atoms with Gasteiger partial charge in [0.05, 0.1) is 17.2 Å². The van der Waals surface area contributed by atoms with E-state index in [0.717, 1.165) is 21.9 Å². The summed E-state index contributed by atoms with van der Waals surface area (Å²) in [5.41, 5.74) is 2.01. The van der Waals surface area contributed by atoms with E-state index in [0.29, 0.717) is 18.0 Å². The third kappa shape index (κ3) is 8.95. The number of benzene rings is 4. The molecule has 8 nitrogen and oxygen atoms in total. The summed E-state index contributed by atoms with van der Waals surface area (Å²) >= 11 is 0. The number of nitrogens with zero attached hydrogens (tertiary/aromatic N) is 2. The number of sulfonamides is 1. The van der Waals surface area contributed by atoms with Gasteiger partial charge >= 0.3 is 0 Å². The monoisotopic (exact) mass is 627 g/mol. The van der Waals surface area contributed by atoms with Gasteiger partial charge in [-0.15, -0.1) is 0 Å². The Bertz CT molecular complexity index is 1620. The van der Waals surface area contributed by atoms with Gasteiger partial charge in [0.2, 0.25) is 11.8 Å². The number of hydrogen-bond acceptors (Lipinski definition) is 5. The summed E-state index contributed by atoms with van der Waals surface area (Å²) in [6.45, 7) is 5.82. The molecule has 0 spiro atoms. The van der Waals surface area contributed by atoms with Crippen LogP contribution in [0.1, 0.15) is 38.3 Å². The summed E-state index contributed by atoms with van der Waals surface area (Å²) in [7, 11) is -4.16. The number of hydrogen-bond donors (Lipinski definition) is 1. The second-order valence-electron chi connectivity index (χ2n) is 10.8. The van der Waals surface area contributed by atoms with Crippen LogP contribution < -0.4 is 14.4 Å². The predicted molar refractivity (Wildman–Crippen MR) is 177 cm³/mol. The highest BCUT2D eigenvalue weighted by atomic mass is 32.2. The average molecular weight is 628 g/mol. The van der Waals surface area contributed by atoms with Crippen molar-refractivity contribution in [2.45, 2.75) is 57.1 Å². The maximum absolute atomic E-state index is 14.5. The van der Waals surface area contributed by atoms with E-state index < -0.39 is 28.5 Å². The lowest BCUT2D eigenvalue weighted by atomic mass is 10.0. The van der Waals surface area contributed by atoms with Crippen molar-refractivity contribution in [1.82, 2.24) is 10.2 Å². The molecule has 0 radical (unpaired) electrons. The molecule has 4 aromatic carbocycles. The molecule has 0 saturated heterocycles. The highest BCUT2D eigenvalue weighted by Crippen LogP contribution is 2.27. The molecule has 2 atom stereocenters. The number of carbonyl (C=O) groups excluding carboxylic acids is 2. The molecule has 1 N–H and O–H groups in total. The van der Waals surface area contributed by atoms with Gasteiger partial charge in [-0.05, 0) is 67.8 Å². The lowest BCUT2D eigenvalue weighted by Crippen LogP contribution is -2.54. The van der Waals surface area contributed by atoms with Crippen molar-refractivity contribution in [3.63, 3.8) is 0 Å². The quantitative estimate of drug-likeness (QED) is 0.179. The van der Waals surface area contributed by atoms with Gasteiger partial charge in [-0.2, -0.15) is 0 Å². The Kier molecular flexibility index (Phi) is 11.8. The van der Waals surface area contributed by atoms with E-state index in [1.165, 1.54) is 17.0 Å². The second-order valence-corrected chi connectivity index (χ2v) is 12.6. The summed E-state index contributed by atoms with van der Waals surface area (Å²) in [5, 5.41) is 3.05. The van der Waals surface area contributed by atoms with Crippen molar-refractivity contribution in [3.05, 3.63) is 126 Å². The molecule has 45 heavy (non-hydrogen) atoms. The minimum absolute atomic E-state index is 0.0524. The van der Waals surface area contributed by atoms with Gasteiger partial charge in [0.15, 0.2) is 0 Å². The van der Waals surface area contributed by atoms with Crippen LogP contribution in [-0.4, -0.2) is 50.4 Å². The third-order valence-electron chi connectivity index (χ3n) is 7.51. The van der Waals surface area contributed by atoms with Crippen molar-refractivity contribution in [2.75, 3.05) is 17.5 Å². The van der Waals surface area contributed by atoms with Gasteiger partial charge in [0, 0.05) is 19.0 Å². The van der Waals surface area contributed by atoms with Crippen molar-refractivity contribution < 1.29 is 22.7 Å². The Balaban J connectivity index is 1.78. The molecule has 0 aliphatic rings. The molecule has 2 amide bonds. The maximum Gasteiger partial charge on any atom is 0.264 e. The van der Waals surface area contributed by atoms with Crippen molar-refractivity contribution in [3.8, 4) is 5.75 Å². The zero-order chi connectivity index (χ0) is 32.2. The Morgan fingerprint density at radius 1 is 0.778 bits per heavy atom. The van der Waals surface area contributed by atoms with E-state index >= 15 is 0 Å². The first kappa shape index (κ1) is 33.3. The summed E-state index contributed by atoms with van der Waals surface area (Å²) in [6, 6.07) is 32.5. The van der Waals surface area contributed by atoms with Crippen LogP contribution in [0.3, 0.4) is 0 Å². The molecule has 0 heterocycles. The Hall–Kier alpha value is -4.63.